The Hall–Kier alpha value is -2.33. The molecule has 3 rings (SSSR count). The van der Waals surface area contributed by atoms with Crippen LogP contribution >= 0.6 is 0 Å². The highest BCUT2D eigenvalue weighted by Crippen LogP contribution is 2.26. The Morgan fingerprint density at radius 3 is 2.30 bits per heavy atom. The number of hydrogen-bond acceptors (Lipinski definition) is 3. The van der Waals surface area contributed by atoms with Crippen LogP contribution in [0.5, 0.6) is 0 Å². The first-order chi connectivity index (χ1) is 11.2. The van der Waals surface area contributed by atoms with Crippen molar-refractivity contribution in [3.63, 3.8) is 0 Å². The van der Waals surface area contributed by atoms with Gasteiger partial charge in [0.2, 0.25) is 0 Å². The maximum Gasteiger partial charge on any atom is 0.143 e. The molecule has 1 heterocycles. The zero-order valence-corrected chi connectivity index (χ0v) is 13.9. The van der Waals surface area contributed by atoms with Crippen molar-refractivity contribution in [2.24, 2.45) is 7.05 Å². The molecule has 3 aromatic rings. The molecule has 0 radical (unpaired) electrons. The minimum atomic E-state index is -0.724. The number of fused-ring (bicyclic) bond motifs is 1. The first kappa shape index (κ1) is 15.6. The van der Waals surface area contributed by atoms with Crippen LogP contribution in [0.15, 0.2) is 48.5 Å². The molecule has 1 unspecified atom stereocenters. The molecule has 0 saturated heterocycles. The van der Waals surface area contributed by atoms with Gasteiger partial charge in [0.1, 0.15) is 11.9 Å². The summed E-state index contributed by atoms with van der Waals surface area (Å²) in [5, 5.41) is 10.7. The summed E-state index contributed by atoms with van der Waals surface area (Å²) in [4.78, 5) is 6.86. The molecule has 0 fully saturated rings. The largest absolute Gasteiger partial charge is 0.380 e. The smallest absolute Gasteiger partial charge is 0.143 e. The Morgan fingerprint density at radius 1 is 1.04 bits per heavy atom. The first-order valence-electron chi connectivity index (χ1n) is 8.10. The third-order valence-electron chi connectivity index (χ3n) is 4.40. The van der Waals surface area contributed by atoms with Crippen LogP contribution in [0.25, 0.3) is 11.0 Å². The van der Waals surface area contributed by atoms with Gasteiger partial charge >= 0.3 is 0 Å². The molecule has 0 aliphatic carbocycles. The number of hydrogen-bond donors (Lipinski definition) is 1. The van der Waals surface area contributed by atoms with Crippen LogP contribution in [-0.2, 0) is 7.05 Å². The first-order valence-corrected chi connectivity index (χ1v) is 8.10. The van der Waals surface area contributed by atoms with E-state index in [1.165, 1.54) is 5.69 Å². The second kappa shape index (κ2) is 6.42. The van der Waals surface area contributed by atoms with Crippen molar-refractivity contribution < 1.29 is 5.11 Å². The van der Waals surface area contributed by atoms with Gasteiger partial charge in [0.05, 0.1) is 11.0 Å². The van der Waals surface area contributed by atoms with Crippen LogP contribution < -0.4 is 4.90 Å². The number of imidazole rings is 1. The van der Waals surface area contributed by atoms with E-state index in [0.717, 1.165) is 29.7 Å². The second-order valence-electron chi connectivity index (χ2n) is 5.68. The summed E-state index contributed by atoms with van der Waals surface area (Å²) in [5.41, 5.74) is 3.97. The molecule has 1 atom stereocenters. The monoisotopic (exact) mass is 309 g/mol. The Kier molecular flexibility index (Phi) is 4.35. The molecule has 0 amide bonds. The van der Waals surface area contributed by atoms with Gasteiger partial charge in [-0.25, -0.2) is 4.98 Å². The number of aromatic nitrogens is 2. The van der Waals surface area contributed by atoms with Crippen molar-refractivity contribution in [1.82, 2.24) is 9.55 Å². The summed E-state index contributed by atoms with van der Waals surface area (Å²) in [5.74, 6) is 0.668. The highest BCUT2D eigenvalue weighted by molar-refractivity contribution is 5.76. The van der Waals surface area contributed by atoms with Crippen LogP contribution in [0, 0.1) is 0 Å². The summed E-state index contributed by atoms with van der Waals surface area (Å²) >= 11 is 0. The van der Waals surface area contributed by atoms with Gasteiger partial charge in [-0.05, 0) is 43.7 Å². The number of aliphatic hydroxyl groups excluding tert-OH is 1. The molecular weight excluding hydrogens is 286 g/mol. The van der Waals surface area contributed by atoms with Crippen LogP contribution in [0.2, 0.25) is 0 Å². The van der Waals surface area contributed by atoms with Gasteiger partial charge in [0.25, 0.3) is 0 Å². The lowest BCUT2D eigenvalue weighted by Gasteiger charge is -2.21. The molecule has 1 N–H and O–H groups in total. The van der Waals surface area contributed by atoms with Crippen molar-refractivity contribution >= 4 is 16.7 Å². The van der Waals surface area contributed by atoms with Crippen molar-refractivity contribution in [3.8, 4) is 0 Å². The summed E-state index contributed by atoms with van der Waals surface area (Å²) in [7, 11) is 1.94. The number of para-hydroxylation sites is 2. The molecule has 23 heavy (non-hydrogen) atoms. The molecule has 2 aromatic carbocycles. The van der Waals surface area contributed by atoms with E-state index in [1.807, 2.05) is 48.0 Å². The average molecular weight is 309 g/mol. The highest BCUT2D eigenvalue weighted by Gasteiger charge is 2.18. The quantitative estimate of drug-likeness (QED) is 0.784. The molecule has 4 heteroatoms. The van der Waals surface area contributed by atoms with Gasteiger partial charge in [0.15, 0.2) is 0 Å². The molecule has 0 aliphatic heterocycles. The fraction of sp³-hybridized carbons (Fsp3) is 0.316. The lowest BCUT2D eigenvalue weighted by atomic mass is 10.1. The lowest BCUT2D eigenvalue weighted by Crippen LogP contribution is -2.21. The number of anilines is 1. The summed E-state index contributed by atoms with van der Waals surface area (Å²) in [6.07, 6.45) is -0.724. The molecule has 0 spiro atoms. The van der Waals surface area contributed by atoms with E-state index in [0.29, 0.717) is 5.82 Å². The lowest BCUT2D eigenvalue weighted by molar-refractivity contribution is 0.207. The van der Waals surface area contributed by atoms with Crippen molar-refractivity contribution in [2.75, 3.05) is 18.0 Å². The molecule has 4 nitrogen and oxygen atoms in total. The maximum atomic E-state index is 10.7. The van der Waals surface area contributed by atoms with Crippen molar-refractivity contribution in [3.05, 3.63) is 59.9 Å². The number of aryl methyl sites for hydroxylation is 1. The molecular formula is C19H23N3O. The van der Waals surface area contributed by atoms with Crippen LogP contribution in [-0.4, -0.2) is 27.7 Å². The Labute approximate surface area is 137 Å². The number of nitrogens with zero attached hydrogens (tertiary/aromatic N) is 3. The topological polar surface area (TPSA) is 41.3 Å². The summed E-state index contributed by atoms with van der Waals surface area (Å²) in [6.45, 7) is 6.24. The molecule has 1 aromatic heterocycles. The van der Waals surface area contributed by atoms with E-state index >= 15 is 0 Å². The van der Waals surface area contributed by atoms with Gasteiger partial charge in [-0.2, -0.15) is 0 Å². The van der Waals surface area contributed by atoms with Gasteiger partial charge < -0.3 is 14.6 Å². The zero-order valence-electron chi connectivity index (χ0n) is 13.9. The van der Waals surface area contributed by atoms with E-state index < -0.39 is 6.10 Å². The van der Waals surface area contributed by atoms with Gasteiger partial charge in [-0.3, -0.25) is 0 Å². The Balaban J connectivity index is 1.92. The maximum absolute atomic E-state index is 10.7. The normalized spacial score (nSPS) is 12.5. The summed E-state index contributed by atoms with van der Waals surface area (Å²) < 4.78 is 1.96. The molecule has 0 aliphatic rings. The molecule has 120 valence electrons. The summed E-state index contributed by atoms with van der Waals surface area (Å²) in [6, 6.07) is 16.0. The minimum absolute atomic E-state index is 0.668. The Morgan fingerprint density at radius 2 is 1.70 bits per heavy atom. The van der Waals surface area contributed by atoms with Crippen molar-refractivity contribution in [1.29, 1.82) is 0 Å². The molecule has 0 bridgehead atoms. The molecule has 0 saturated carbocycles. The van der Waals surface area contributed by atoms with Gasteiger partial charge in [-0.15, -0.1) is 0 Å². The van der Waals surface area contributed by atoms with Crippen LogP contribution in [0.1, 0.15) is 31.3 Å². The van der Waals surface area contributed by atoms with E-state index in [9.17, 15) is 5.11 Å². The fourth-order valence-corrected chi connectivity index (χ4v) is 3.01. The van der Waals surface area contributed by atoms with Crippen LogP contribution in [0.3, 0.4) is 0 Å². The highest BCUT2D eigenvalue weighted by atomic mass is 16.3. The standard InChI is InChI=1S/C19H23N3O/c1-4-22(5-2)15-12-10-14(11-13-15)18(23)19-20-16-8-6-7-9-17(16)21(19)3/h6-13,18,23H,4-5H2,1-3H3. The van der Waals surface area contributed by atoms with E-state index in [2.05, 4.69) is 35.9 Å². The fourth-order valence-electron chi connectivity index (χ4n) is 3.01. The predicted molar refractivity (Wildman–Crippen MR) is 94.8 cm³/mol. The van der Waals surface area contributed by atoms with E-state index in [-0.39, 0.29) is 0 Å². The predicted octanol–water partition coefficient (Wildman–Crippen LogP) is 3.50. The second-order valence-corrected chi connectivity index (χ2v) is 5.68. The number of rotatable bonds is 5. The van der Waals surface area contributed by atoms with Gasteiger partial charge in [0, 0.05) is 25.8 Å². The van der Waals surface area contributed by atoms with Gasteiger partial charge in [-0.1, -0.05) is 24.3 Å². The third kappa shape index (κ3) is 2.82. The van der Waals surface area contributed by atoms with E-state index in [4.69, 9.17) is 0 Å². The van der Waals surface area contributed by atoms with E-state index in [1.54, 1.807) is 0 Å². The average Bonchev–Trinajstić information content (AvgIpc) is 2.93. The number of benzene rings is 2. The van der Waals surface area contributed by atoms with Crippen LogP contribution in [0.4, 0.5) is 5.69 Å². The third-order valence-corrected chi connectivity index (χ3v) is 4.40. The zero-order chi connectivity index (χ0) is 16.4. The minimum Gasteiger partial charge on any atom is -0.380 e. The SMILES string of the molecule is CCN(CC)c1ccc(C(O)c2nc3ccccc3n2C)cc1. The number of aliphatic hydroxyl groups is 1. The van der Waals surface area contributed by atoms with Crippen molar-refractivity contribution in [2.45, 2.75) is 20.0 Å². The Bertz CT molecular complexity index is 788.